The molecule has 4 rings (SSSR count). The summed E-state index contributed by atoms with van der Waals surface area (Å²) in [4.78, 5) is 14.5. The highest BCUT2D eigenvalue weighted by molar-refractivity contribution is 5.91. The molecule has 1 saturated heterocycles. The molecule has 2 aromatic heterocycles. The van der Waals surface area contributed by atoms with Crippen LogP contribution in [0.3, 0.4) is 0 Å². The highest BCUT2D eigenvalue weighted by Gasteiger charge is 2.53. The Morgan fingerprint density at radius 3 is 3.00 bits per heavy atom. The minimum absolute atomic E-state index is 0.0126. The van der Waals surface area contributed by atoms with E-state index >= 15 is 0 Å². The fraction of sp³-hybridized carbons (Fsp3) is 0.562. The van der Waals surface area contributed by atoms with Crippen molar-refractivity contribution < 1.29 is 9.21 Å². The number of hydrogen-bond acceptors (Lipinski definition) is 4. The van der Waals surface area contributed by atoms with E-state index < -0.39 is 0 Å². The predicted molar refractivity (Wildman–Crippen MR) is 79.3 cm³/mol. The van der Waals surface area contributed by atoms with Crippen LogP contribution < -0.4 is 0 Å². The molecule has 1 aliphatic heterocycles. The first-order valence-corrected chi connectivity index (χ1v) is 7.94. The molecule has 6 nitrogen and oxygen atoms in total. The minimum atomic E-state index is -0.0126. The van der Waals surface area contributed by atoms with Gasteiger partial charge in [-0.05, 0) is 37.3 Å². The molecule has 2 fully saturated rings. The second kappa shape index (κ2) is 4.97. The molecule has 6 heteroatoms. The summed E-state index contributed by atoms with van der Waals surface area (Å²) >= 11 is 0. The third-order valence-corrected chi connectivity index (χ3v) is 5.31. The average molecular weight is 300 g/mol. The molecule has 1 amide bonds. The summed E-state index contributed by atoms with van der Waals surface area (Å²) in [6, 6.07) is 3.49. The number of aryl methyl sites for hydroxylation is 1. The Morgan fingerprint density at radius 2 is 2.36 bits per heavy atom. The predicted octanol–water partition coefficient (Wildman–Crippen LogP) is 2.30. The molecule has 1 unspecified atom stereocenters. The van der Waals surface area contributed by atoms with Crippen molar-refractivity contribution in [3.05, 3.63) is 36.3 Å². The lowest BCUT2D eigenvalue weighted by molar-refractivity contribution is 0.0694. The van der Waals surface area contributed by atoms with Crippen LogP contribution in [0.4, 0.5) is 0 Å². The topological polar surface area (TPSA) is 64.2 Å². The average Bonchev–Trinajstić information content (AvgIpc) is 3.22. The number of carbonyl (C=O) groups is 1. The molecule has 2 aliphatic rings. The summed E-state index contributed by atoms with van der Waals surface area (Å²) in [5.41, 5.74) is 0.183. The summed E-state index contributed by atoms with van der Waals surface area (Å²) in [5, 5.41) is 8.43. The minimum Gasteiger partial charge on any atom is -0.459 e. The van der Waals surface area contributed by atoms with Crippen molar-refractivity contribution >= 4 is 5.91 Å². The zero-order chi connectivity index (χ0) is 15.2. The smallest absolute Gasteiger partial charge is 0.289 e. The molecule has 1 saturated carbocycles. The van der Waals surface area contributed by atoms with Crippen molar-refractivity contribution in [3.63, 3.8) is 0 Å². The van der Waals surface area contributed by atoms with E-state index in [2.05, 4.69) is 21.7 Å². The Labute approximate surface area is 129 Å². The van der Waals surface area contributed by atoms with E-state index in [1.807, 2.05) is 4.90 Å². The van der Waals surface area contributed by atoms with Crippen molar-refractivity contribution in [1.82, 2.24) is 19.7 Å². The Balaban J connectivity index is 1.63. The summed E-state index contributed by atoms with van der Waals surface area (Å²) in [5.74, 6) is 1.72. The number of aromatic nitrogens is 3. The van der Waals surface area contributed by atoms with E-state index in [0.29, 0.717) is 12.3 Å². The Morgan fingerprint density at radius 1 is 1.50 bits per heavy atom. The second-order valence-electron chi connectivity index (χ2n) is 6.41. The third-order valence-electron chi connectivity index (χ3n) is 5.31. The van der Waals surface area contributed by atoms with Gasteiger partial charge in [-0.2, -0.15) is 0 Å². The van der Waals surface area contributed by atoms with Gasteiger partial charge < -0.3 is 13.9 Å². The summed E-state index contributed by atoms with van der Waals surface area (Å²) in [6.07, 6.45) is 6.90. The summed E-state index contributed by atoms with van der Waals surface area (Å²) < 4.78 is 7.38. The number of amides is 1. The molecular formula is C16H20N4O2. The molecular weight excluding hydrogens is 280 g/mol. The molecule has 0 radical (unpaired) electrons. The molecule has 1 atom stereocenters. The lowest BCUT2D eigenvalue weighted by Gasteiger charge is -2.42. The number of furan rings is 1. The number of nitrogens with zero attached hydrogens (tertiary/aromatic N) is 4. The van der Waals surface area contributed by atoms with Gasteiger partial charge in [0.1, 0.15) is 12.2 Å². The number of carbonyl (C=O) groups excluding carboxylic acids is 1. The molecule has 1 spiro atoms. The molecule has 2 aromatic rings. The van der Waals surface area contributed by atoms with E-state index in [1.54, 1.807) is 24.7 Å². The van der Waals surface area contributed by atoms with E-state index in [4.69, 9.17) is 4.42 Å². The van der Waals surface area contributed by atoms with Crippen LogP contribution in [0.1, 0.15) is 48.5 Å². The standard InChI is InChI=1S/C16H20N4O2/c1-2-19-11-17-18-14(19)12-9-20(10-16(12)6-4-7-16)15(21)13-5-3-8-22-13/h3,5,8,11-12H,2,4,6-7,9-10H2,1H3. The maximum Gasteiger partial charge on any atom is 0.289 e. The Hall–Kier alpha value is -2.11. The van der Waals surface area contributed by atoms with Crippen LogP contribution in [0, 0.1) is 5.41 Å². The fourth-order valence-corrected chi connectivity index (χ4v) is 3.95. The van der Waals surface area contributed by atoms with Gasteiger partial charge in [0.25, 0.3) is 5.91 Å². The van der Waals surface area contributed by atoms with E-state index in [-0.39, 0.29) is 17.2 Å². The first-order chi connectivity index (χ1) is 10.7. The van der Waals surface area contributed by atoms with Gasteiger partial charge in [0.15, 0.2) is 5.76 Å². The number of likely N-dealkylation sites (tertiary alicyclic amines) is 1. The van der Waals surface area contributed by atoms with E-state index in [1.165, 1.54) is 6.42 Å². The van der Waals surface area contributed by atoms with Crippen molar-refractivity contribution in [3.8, 4) is 0 Å². The Bertz CT molecular complexity index is 672. The first-order valence-electron chi connectivity index (χ1n) is 7.94. The Kier molecular flexibility index (Phi) is 3.06. The lowest BCUT2D eigenvalue weighted by atomic mass is 9.62. The van der Waals surface area contributed by atoms with Gasteiger partial charge >= 0.3 is 0 Å². The zero-order valence-corrected chi connectivity index (χ0v) is 12.7. The van der Waals surface area contributed by atoms with Gasteiger partial charge in [-0.1, -0.05) is 6.42 Å². The second-order valence-corrected chi connectivity index (χ2v) is 6.41. The molecule has 0 aromatic carbocycles. The zero-order valence-electron chi connectivity index (χ0n) is 12.7. The van der Waals surface area contributed by atoms with Crippen LogP contribution >= 0.6 is 0 Å². The molecule has 0 bridgehead atoms. The van der Waals surface area contributed by atoms with Gasteiger partial charge in [0.2, 0.25) is 0 Å². The maximum absolute atomic E-state index is 12.6. The van der Waals surface area contributed by atoms with Gasteiger partial charge in [0, 0.05) is 25.6 Å². The van der Waals surface area contributed by atoms with Crippen molar-refractivity contribution in [1.29, 1.82) is 0 Å². The largest absolute Gasteiger partial charge is 0.459 e. The van der Waals surface area contributed by atoms with E-state index in [9.17, 15) is 4.79 Å². The molecule has 116 valence electrons. The SMILES string of the molecule is CCn1cnnc1C1CN(C(=O)c2ccco2)CC12CCC2. The van der Waals surface area contributed by atoms with Crippen LogP contribution in [0.2, 0.25) is 0 Å². The van der Waals surface area contributed by atoms with Gasteiger partial charge in [-0.3, -0.25) is 4.79 Å². The van der Waals surface area contributed by atoms with Crippen LogP contribution in [-0.4, -0.2) is 38.7 Å². The van der Waals surface area contributed by atoms with Crippen LogP contribution in [0.25, 0.3) is 0 Å². The molecule has 0 N–H and O–H groups in total. The normalized spacial score (nSPS) is 23.0. The monoisotopic (exact) mass is 300 g/mol. The summed E-state index contributed by atoms with van der Waals surface area (Å²) in [7, 11) is 0. The quantitative estimate of drug-likeness (QED) is 0.872. The van der Waals surface area contributed by atoms with Crippen molar-refractivity contribution in [2.24, 2.45) is 5.41 Å². The number of rotatable bonds is 3. The van der Waals surface area contributed by atoms with Crippen molar-refractivity contribution in [2.75, 3.05) is 13.1 Å². The molecule has 22 heavy (non-hydrogen) atoms. The van der Waals surface area contributed by atoms with Crippen LogP contribution in [0.15, 0.2) is 29.1 Å². The van der Waals surface area contributed by atoms with Gasteiger partial charge in [-0.25, -0.2) is 0 Å². The first kappa shape index (κ1) is 13.5. The molecule has 3 heterocycles. The van der Waals surface area contributed by atoms with Crippen LogP contribution in [0.5, 0.6) is 0 Å². The van der Waals surface area contributed by atoms with Gasteiger partial charge in [0.05, 0.1) is 6.26 Å². The van der Waals surface area contributed by atoms with Gasteiger partial charge in [-0.15, -0.1) is 10.2 Å². The van der Waals surface area contributed by atoms with Crippen LogP contribution in [-0.2, 0) is 6.54 Å². The maximum atomic E-state index is 12.6. The lowest BCUT2D eigenvalue weighted by Crippen LogP contribution is -2.38. The van der Waals surface area contributed by atoms with Crippen molar-refractivity contribution in [2.45, 2.75) is 38.6 Å². The molecule has 1 aliphatic carbocycles. The highest BCUT2D eigenvalue weighted by atomic mass is 16.3. The number of hydrogen-bond donors (Lipinski definition) is 0. The fourth-order valence-electron chi connectivity index (χ4n) is 3.95. The summed E-state index contributed by atoms with van der Waals surface area (Å²) in [6.45, 7) is 4.47. The third kappa shape index (κ3) is 1.90. The van der Waals surface area contributed by atoms with E-state index in [0.717, 1.165) is 31.8 Å². The highest BCUT2D eigenvalue weighted by Crippen LogP contribution is 2.55.